The minimum atomic E-state index is -0.0320. The van der Waals surface area contributed by atoms with Gasteiger partial charge in [-0.15, -0.1) is 11.3 Å². The lowest BCUT2D eigenvalue weighted by Gasteiger charge is -2.27. The highest BCUT2D eigenvalue weighted by Crippen LogP contribution is 2.30. The van der Waals surface area contributed by atoms with E-state index in [2.05, 4.69) is 34.0 Å². The summed E-state index contributed by atoms with van der Waals surface area (Å²) in [6.07, 6.45) is -0.0320. The summed E-state index contributed by atoms with van der Waals surface area (Å²) in [7, 11) is 0. The van der Waals surface area contributed by atoms with E-state index in [0.29, 0.717) is 19.7 Å². The Morgan fingerprint density at radius 1 is 1.22 bits per heavy atom. The molecule has 0 amide bonds. The number of nitrogens with one attached hydrogen (secondary N) is 2. The molecule has 2 heterocycles. The number of thiophene rings is 1. The number of rotatable bonds is 5. The fourth-order valence-corrected chi connectivity index (χ4v) is 2.90. The molecule has 2 N–H and O–H groups in total. The monoisotopic (exact) mass is 331 g/mol. The van der Waals surface area contributed by atoms with Gasteiger partial charge in [0.2, 0.25) is 0 Å². The van der Waals surface area contributed by atoms with Gasteiger partial charge in [0.25, 0.3) is 0 Å². The third-order valence-electron chi connectivity index (χ3n) is 3.38. The van der Waals surface area contributed by atoms with E-state index in [1.54, 1.807) is 11.3 Å². The molecule has 0 fully saturated rings. The van der Waals surface area contributed by atoms with Crippen LogP contribution in [-0.2, 0) is 6.54 Å². The van der Waals surface area contributed by atoms with Gasteiger partial charge in [-0.05, 0) is 30.5 Å². The predicted octanol–water partition coefficient (Wildman–Crippen LogP) is 2.64. The average molecular weight is 331 g/mol. The SMILES string of the molecule is CCNC(=NCc1cccs1)NCC1COc2ccccc2O1. The summed E-state index contributed by atoms with van der Waals surface area (Å²) in [4.78, 5) is 5.84. The highest BCUT2D eigenvalue weighted by molar-refractivity contribution is 7.09. The number of nitrogens with zero attached hydrogens (tertiary/aromatic N) is 1. The maximum absolute atomic E-state index is 5.94. The van der Waals surface area contributed by atoms with E-state index >= 15 is 0 Å². The summed E-state index contributed by atoms with van der Waals surface area (Å²) in [5.74, 6) is 2.40. The molecular formula is C17H21N3O2S. The van der Waals surface area contributed by atoms with E-state index in [1.807, 2.05) is 30.3 Å². The molecule has 2 aromatic rings. The molecule has 1 aliphatic rings. The fourth-order valence-electron chi connectivity index (χ4n) is 2.28. The van der Waals surface area contributed by atoms with Crippen LogP contribution in [0.5, 0.6) is 11.5 Å². The van der Waals surface area contributed by atoms with Crippen molar-refractivity contribution in [3.63, 3.8) is 0 Å². The van der Waals surface area contributed by atoms with Crippen LogP contribution in [0.25, 0.3) is 0 Å². The molecule has 6 heteroatoms. The lowest BCUT2D eigenvalue weighted by atomic mass is 10.2. The van der Waals surface area contributed by atoms with Gasteiger partial charge in [-0.2, -0.15) is 0 Å². The second-order valence-electron chi connectivity index (χ2n) is 5.15. The second-order valence-corrected chi connectivity index (χ2v) is 6.19. The number of aliphatic imine (C=N–C) groups is 1. The van der Waals surface area contributed by atoms with Crippen molar-refractivity contribution in [2.75, 3.05) is 19.7 Å². The lowest BCUT2D eigenvalue weighted by Crippen LogP contribution is -2.45. The van der Waals surface area contributed by atoms with Gasteiger partial charge < -0.3 is 20.1 Å². The molecular weight excluding hydrogens is 310 g/mol. The molecule has 5 nitrogen and oxygen atoms in total. The van der Waals surface area contributed by atoms with Crippen LogP contribution < -0.4 is 20.1 Å². The van der Waals surface area contributed by atoms with Crippen LogP contribution in [-0.4, -0.2) is 31.8 Å². The topological polar surface area (TPSA) is 54.9 Å². The van der Waals surface area contributed by atoms with Crippen molar-refractivity contribution in [1.82, 2.24) is 10.6 Å². The summed E-state index contributed by atoms with van der Waals surface area (Å²) in [5.41, 5.74) is 0. The minimum Gasteiger partial charge on any atom is -0.486 e. The molecule has 23 heavy (non-hydrogen) atoms. The summed E-state index contributed by atoms with van der Waals surface area (Å²) >= 11 is 1.71. The largest absolute Gasteiger partial charge is 0.486 e. The first-order valence-electron chi connectivity index (χ1n) is 7.78. The number of benzene rings is 1. The van der Waals surface area contributed by atoms with Crippen molar-refractivity contribution >= 4 is 17.3 Å². The molecule has 1 aromatic heterocycles. The van der Waals surface area contributed by atoms with Crippen molar-refractivity contribution < 1.29 is 9.47 Å². The van der Waals surface area contributed by atoms with Crippen molar-refractivity contribution in [1.29, 1.82) is 0 Å². The quantitative estimate of drug-likeness (QED) is 0.653. The smallest absolute Gasteiger partial charge is 0.191 e. The molecule has 0 bridgehead atoms. The second kappa shape index (κ2) is 7.87. The van der Waals surface area contributed by atoms with Crippen LogP contribution >= 0.6 is 11.3 Å². The Kier molecular flexibility index (Phi) is 5.37. The Balaban J connectivity index is 1.54. The fraction of sp³-hybridized carbons (Fsp3) is 0.353. The van der Waals surface area contributed by atoms with E-state index in [4.69, 9.17) is 9.47 Å². The number of guanidine groups is 1. The van der Waals surface area contributed by atoms with Crippen LogP contribution in [0.1, 0.15) is 11.8 Å². The van der Waals surface area contributed by atoms with E-state index in [0.717, 1.165) is 24.0 Å². The summed E-state index contributed by atoms with van der Waals surface area (Å²) in [5, 5.41) is 8.64. The molecule has 1 unspecified atom stereocenters. The van der Waals surface area contributed by atoms with Crippen molar-refractivity contribution in [3.05, 3.63) is 46.7 Å². The zero-order valence-corrected chi connectivity index (χ0v) is 13.9. The van der Waals surface area contributed by atoms with E-state index in [1.165, 1.54) is 4.88 Å². The molecule has 3 rings (SSSR count). The van der Waals surface area contributed by atoms with Gasteiger partial charge in [0.15, 0.2) is 17.5 Å². The number of hydrogen-bond acceptors (Lipinski definition) is 4. The van der Waals surface area contributed by atoms with Crippen LogP contribution in [0.3, 0.4) is 0 Å². The number of para-hydroxylation sites is 2. The molecule has 0 radical (unpaired) electrons. The Morgan fingerprint density at radius 3 is 2.87 bits per heavy atom. The highest BCUT2D eigenvalue weighted by atomic mass is 32.1. The van der Waals surface area contributed by atoms with Crippen LogP contribution in [0.15, 0.2) is 46.8 Å². The molecule has 0 saturated carbocycles. The number of ether oxygens (including phenoxy) is 2. The Bertz CT molecular complexity index is 643. The normalized spacial score (nSPS) is 16.9. The van der Waals surface area contributed by atoms with Crippen molar-refractivity contribution in [3.8, 4) is 11.5 Å². The first-order valence-corrected chi connectivity index (χ1v) is 8.66. The highest BCUT2D eigenvalue weighted by Gasteiger charge is 2.20. The van der Waals surface area contributed by atoms with Crippen molar-refractivity contribution in [2.24, 2.45) is 4.99 Å². The third kappa shape index (κ3) is 4.39. The van der Waals surface area contributed by atoms with Crippen molar-refractivity contribution in [2.45, 2.75) is 19.6 Å². The van der Waals surface area contributed by atoms with Gasteiger partial charge in [0, 0.05) is 11.4 Å². The van der Waals surface area contributed by atoms with Gasteiger partial charge in [-0.3, -0.25) is 0 Å². The summed E-state index contributed by atoms with van der Waals surface area (Å²) in [6.45, 7) is 4.73. The zero-order valence-electron chi connectivity index (χ0n) is 13.1. The van der Waals surface area contributed by atoms with Gasteiger partial charge in [0.05, 0.1) is 13.1 Å². The van der Waals surface area contributed by atoms with Crippen LogP contribution in [0.4, 0.5) is 0 Å². The Labute approximate surface area is 140 Å². The van der Waals surface area contributed by atoms with Gasteiger partial charge in [-0.1, -0.05) is 18.2 Å². The third-order valence-corrected chi connectivity index (χ3v) is 4.24. The number of hydrogen-bond donors (Lipinski definition) is 2. The van der Waals surface area contributed by atoms with E-state index < -0.39 is 0 Å². The number of fused-ring (bicyclic) bond motifs is 1. The maximum atomic E-state index is 5.94. The predicted molar refractivity (Wildman–Crippen MR) is 93.5 cm³/mol. The molecule has 0 saturated heterocycles. The molecule has 122 valence electrons. The molecule has 1 aliphatic heterocycles. The van der Waals surface area contributed by atoms with Gasteiger partial charge in [0.1, 0.15) is 12.7 Å². The molecule has 0 aliphatic carbocycles. The van der Waals surface area contributed by atoms with E-state index in [9.17, 15) is 0 Å². The zero-order chi connectivity index (χ0) is 15.9. The Hall–Kier alpha value is -2.21. The summed E-state index contributed by atoms with van der Waals surface area (Å²) < 4.78 is 11.7. The summed E-state index contributed by atoms with van der Waals surface area (Å²) in [6, 6.07) is 11.9. The maximum Gasteiger partial charge on any atom is 0.191 e. The first kappa shape index (κ1) is 15.7. The van der Waals surface area contributed by atoms with Gasteiger partial charge in [-0.25, -0.2) is 4.99 Å². The minimum absolute atomic E-state index is 0.0320. The molecule has 0 spiro atoms. The molecule has 1 atom stereocenters. The Morgan fingerprint density at radius 2 is 2.09 bits per heavy atom. The first-order chi connectivity index (χ1) is 11.3. The molecule has 1 aromatic carbocycles. The van der Waals surface area contributed by atoms with Gasteiger partial charge >= 0.3 is 0 Å². The van der Waals surface area contributed by atoms with Crippen LogP contribution in [0, 0.1) is 0 Å². The standard InChI is InChI=1S/C17H21N3O2S/c1-2-18-17(20-11-14-6-5-9-23-14)19-10-13-12-21-15-7-3-4-8-16(15)22-13/h3-9,13H,2,10-12H2,1H3,(H2,18,19,20). The average Bonchev–Trinajstić information content (AvgIpc) is 3.11. The lowest BCUT2D eigenvalue weighted by molar-refractivity contribution is 0.0936. The van der Waals surface area contributed by atoms with E-state index in [-0.39, 0.29) is 6.10 Å². The van der Waals surface area contributed by atoms with Crippen LogP contribution in [0.2, 0.25) is 0 Å².